The lowest BCUT2D eigenvalue weighted by Gasteiger charge is -2.11. The number of hydrogen-bond donors (Lipinski definition) is 2. The van der Waals surface area contributed by atoms with Gasteiger partial charge in [-0.15, -0.1) is 0 Å². The molecule has 1 unspecified atom stereocenters. The summed E-state index contributed by atoms with van der Waals surface area (Å²) in [6, 6.07) is 0. The third kappa shape index (κ3) is 6.86. The summed E-state index contributed by atoms with van der Waals surface area (Å²) in [4.78, 5) is 11.3. The Balaban J connectivity index is 3.34. The Morgan fingerprint density at radius 1 is 1.29 bits per heavy atom. The second-order valence-electron chi connectivity index (χ2n) is 3.14. The maximum Gasteiger partial charge on any atom is 0.248 e. The summed E-state index contributed by atoms with van der Waals surface area (Å²) in [7, 11) is 0. The predicted octanol–water partition coefficient (Wildman–Crippen LogP) is 0.527. The van der Waals surface area contributed by atoms with Crippen LogP contribution in [0.3, 0.4) is 0 Å². The van der Waals surface area contributed by atoms with E-state index in [-0.39, 0.29) is 12.0 Å². The third-order valence-electron chi connectivity index (χ3n) is 1.81. The van der Waals surface area contributed by atoms with E-state index in [9.17, 15) is 4.79 Å². The van der Waals surface area contributed by atoms with Gasteiger partial charge in [-0.3, -0.25) is 4.79 Å². The molecule has 0 aromatic heterocycles. The van der Waals surface area contributed by atoms with Crippen LogP contribution in [-0.4, -0.2) is 38.3 Å². The maximum atomic E-state index is 11.3. The van der Waals surface area contributed by atoms with Crippen molar-refractivity contribution in [2.24, 2.45) is 0 Å². The van der Waals surface area contributed by atoms with Gasteiger partial charge in [-0.25, -0.2) is 0 Å². The van der Waals surface area contributed by atoms with Crippen molar-refractivity contribution in [2.75, 3.05) is 26.2 Å². The number of ether oxygens (including phenoxy) is 1. The number of carbonyl (C=O) groups excluding carboxylic acids is 1. The molecule has 4 nitrogen and oxygen atoms in total. The summed E-state index contributed by atoms with van der Waals surface area (Å²) in [6.07, 6.45) is 0.773. The van der Waals surface area contributed by atoms with Crippen molar-refractivity contribution in [1.82, 2.24) is 10.6 Å². The zero-order chi connectivity index (χ0) is 10.8. The Morgan fingerprint density at radius 3 is 2.57 bits per heavy atom. The van der Waals surface area contributed by atoms with Gasteiger partial charge in [0.2, 0.25) is 5.91 Å². The molecule has 0 radical (unpaired) electrons. The summed E-state index contributed by atoms with van der Waals surface area (Å²) >= 11 is 0. The molecule has 0 aromatic carbocycles. The van der Waals surface area contributed by atoms with Crippen LogP contribution in [0.1, 0.15) is 27.2 Å². The fraction of sp³-hybridized carbons (Fsp3) is 0.900. The normalized spacial score (nSPS) is 12.5. The Morgan fingerprint density at radius 2 is 2.00 bits per heavy atom. The van der Waals surface area contributed by atoms with Crippen LogP contribution in [0, 0.1) is 0 Å². The van der Waals surface area contributed by atoms with Crippen molar-refractivity contribution >= 4 is 5.91 Å². The molecule has 1 atom stereocenters. The van der Waals surface area contributed by atoms with Crippen LogP contribution in [0.5, 0.6) is 0 Å². The molecule has 0 bridgehead atoms. The van der Waals surface area contributed by atoms with E-state index >= 15 is 0 Å². The summed E-state index contributed by atoms with van der Waals surface area (Å²) in [5, 5.41) is 6.01. The van der Waals surface area contributed by atoms with Gasteiger partial charge in [-0.2, -0.15) is 0 Å². The monoisotopic (exact) mass is 202 g/mol. The predicted molar refractivity (Wildman–Crippen MR) is 57.3 cm³/mol. The number of rotatable bonds is 8. The molecule has 0 aromatic rings. The lowest BCUT2D eigenvalue weighted by molar-refractivity contribution is -0.131. The van der Waals surface area contributed by atoms with E-state index < -0.39 is 0 Å². The molecule has 0 aliphatic carbocycles. The zero-order valence-electron chi connectivity index (χ0n) is 9.43. The Kier molecular flexibility index (Phi) is 8.57. The van der Waals surface area contributed by atoms with Crippen molar-refractivity contribution in [2.45, 2.75) is 33.3 Å². The van der Waals surface area contributed by atoms with Crippen molar-refractivity contribution in [1.29, 1.82) is 0 Å². The van der Waals surface area contributed by atoms with E-state index in [1.165, 1.54) is 0 Å². The van der Waals surface area contributed by atoms with Gasteiger partial charge in [0.15, 0.2) is 0 Å². The molecule has 1 amide bonds. The van der Waals surface area contributed by atoms with Crippen LogP contribution < -0.4 is 10.6 Å². The highest BCUT2D eigenvalue weighted by Gasteiger charge is 2.10. The summed E-state index contributed by atoms with van der Waals surface area (Å²) in [6.45, 7) is 8.81. The van der Waals surface area contributed by atoms with Gasteiger partial charge < -0.3 is 15.4 Å². The van der Waals surface area contributed by atoms with Crippen LogP contribution in [0.25, 0.3) is 0 Å². The average Bonchev–Trinajstić information content (AvgIpc) is 2.17. The largest absolute Gasteiger partial charge is 0.369 e. The first-order valence-corrected chi connectivity index (χ1v) is 5.32. The van der Waals surface area contributed by atoms with Gasteiger partial charge >= 0.3 is 0 Å². The lowest BCUT2D eigenvalue weighted by Crippen LogP contribution is -2.38. The Labute approximate surface area is 86.4 Å². The molecule has 0 spiro atoms. The van der Waals surface area contributed by atoms with E-state index in [1.807, 2.05) is 6.92 Å². The molecule has 4 heteroatoms. The number of hydrogen-bond acceptors (Lipinski definition) is 3. The molecular weight excluding hydrogens is 180 g/mol. The van der Waals surface area contributed by atoms with E-state index in [0.717, 1.165) is 19.5 Å². The molecular formula is C10H22N2O2. The minimum Gasteiger partial charge on any atom is -0.369 e. The van der Waals surface area contributed by atoms with Gasteiger partial charge in [0, 0.05) is 19.7 Å². The molecule has 0 aliphatic heterocycles. The average molecular weight is 202 g/mol. The van der Waals surface area contributed by atoms with Crippen LogP contribution in [0.2, 0.25) is 0 Å². The topological polar surface area (TPSA) is 50.4 Å². The first-order chi connectivity index (χ1) is 6.72. The van der Waals surface area contributed by atoms with Crippen LogP contribution in [0.15, 0.2) is 0 Å². The summed E-state index contributed by atoms with van der Waals surface area (Å²) < 4.78 is 5.15. The van der Waals surface area contributed by atoms with Crippen LogP contribution in [0.4, 0.5) is 0 Å². The second-order valence-corrected chi connectivity index (χ2v) is 3.14. The van der Waals surface area contributed by atoms with Crippen LogP contribution >= 0.6 is 0 Å². The number of amides is 1. The van der Waals surface area contributed by atoms with Crippen molar-refractivity contribution in [3.05, 3.63) is 0 Å². The first-order valence-electron chi connectivity index (χ1n) is 5.32. The molecule has 0 rings (SSSR count). The smallest absolute Gasteiger partial charge is 0.248 e. The highest BCUT2D eigenvalue weighted by Crippen LogP contribution is 1.88. The molecule has 2 N–H and O–H groups in total. The van der Waals surface area contributed by atoms with E-state index in [0.29, 0.717) is 13.2 Å². The van der Waals surface area contributed by atoms with Gasteiger partial charge in [0.1, 0.15) is 6.10 Å². The fourth-order valence-corrected chi connectivity index (χ4v) is 1.05. The van der Waals surface area contributed by atoms with E-state index in [4.69, 9.17) is 4.74 Å². The first kappa shape index (κ1) is 13.4. The van der Waals surface area contributed by atoms with Gasteiger partial charge in [0.05, 0.1) is 0 Å². The molecule has 84 valence electrons. The minimum atomic E-state index is -0.342. The quantitative estimate of drug-likeness (QED) is 0.564. The molecule has 0 saturated carbocycles. The van der Waals surface area contributed by atoms with Gasteiger partial charge in [0.25, 0.3) is 0 Å². The lowest BCUT2D eigenvalue weighted by atomic mass is 10.3. The summed E-state index contributed by atoms with van der Waals surface area (Å²) in [5.74, 6) is -0.0369. The molecule has 0 fully saturated rings. The molecule has 0 aliphatic rings. The van der Waals surface area contributed by atoms with E-state index in [2.05, 4.69) is 17.6 Å². The minimum absolute atomic E-state index is 0.0369. The third-order valence-corrected chi connectivity index (χ3v) is 1.81. The number of carbonyl (C=O) groups is 1. The summed E-state index contributed by atoms with van der Waals surface area (Å²) in [5.41, 5.74) is 0. The second kappa shape index (κ2) is 8.97. The molecule has 0 heterocycles. The number of nitrogens with one attached hydrogen (secondary N) is 2. The highest BCUT2D eigenvalue weighted by atomic mass is 16.5. The molecule has 14 heavy (non-hydrogen) atoms. The maximum absolute atomic E-state index is 11.3. The van der Waals surface area contributed by atoms with Crippen molar-refractivity contribution in [3.8, 4) is 0 Å². The Hall–Kier alpha value is -0.610. The van der Waals surface area contributed by atoms with E-state index in [1.54, 1.807) is 6.92 Å². The van der Waals surface area contributed by atoms with Crippen LogP contribution in [-0.2, 0) is 9.53 Å². The standard InChI is InChI=1S/C10H22N2O2/c1-4-6-11-7-8-12-10(13)9(3)14-5-2/h9,11H,4-8H2,1-3H3,(H,12,13). The molecule has 0 saturated heterocycles. The zero-order valence-corrected chi connectivity index (χ0v) is 9.43. The van der Waals surface area contributed by atoms with Gasteiger partial charge in [-0.1, -0.05) is 6.92 Å². The van der Waals surface area contributed by atoms with Crippen molar-refractivity contribution in [3.63, 3.8) is 0 Å². The fourth-order valence-electron chi connectivity index (χ4n) is 1.05. The Bertz CT molecular complexity index is 151. The van der Waals surface area contributed by atoms with Crippen molar-refractivity contribution < 1.29 is 9.53 Å². The van der Waals surface area contributed by atoms with Gasteiger partial charge in [-0.05, 0) is 26.8 Å². The highest BCUT2D eigenvalue weighted by molar-refractivity contribution is 5.80. The SMILES string of the molecule is CCCNCCNC(=O)C(C)OCC.